The maximum absolute atomic E-state index is 4.17. The molecule has 3 nitrogen and oxygen atoms in total. The highest BCUT2D eigenvalue weighted by molar-refractivity contribution is 5.85. The van der Waals surface area contributed by atoms with E-state index in [9.17, 15) is 0 Å². The standard InChI is InChI=1S/C7H11N3.ClH/c1-10-7-5-8-3-2-6(7)4-9-10;/h4,8H,2-3,5H2,1H3;1H. The fourth-order valence-corrected chi connectivity index (χ4v) is 1.37. The van der Waals surface area contributed by atoms with Crippen molar-refractivity contribution in [2.45, 2.75) is 13.0 Å². The Hall–Kier alpha value is -0.540. The van der Waals surface area contributed by atoms with Gasteiger partial charge >= 0.3 is 0 Å². The van der Waals surface area contributed by atoms with Crippen LogP contribution in [0.5, 0.6) is 0 Å². The lowest BCUT2D eigenvalue weighted by Gasteiger charge is -2.12. The third kappa shape index (κ3) is 1.39. The summed E-state index contributed by atoms with van der Waals surface area (Å²) in [6.45, 7) is 2.07. The summed E-state index contributed by atoms with van der Waals surface area (Å²) in [5, 5.41) is 7.48. The molecule has 0 atom stereocenters. The summed E-state index contributed by atoms with van der Waals surface area (Å²) < 4.78 is 1.95. The molecule has 1 aliphatic heterocycles. The van der Waals surface area contributed by atoms with Gasteiger partial charge in [-0.25, -0.2) is 0 Å². The van der Waals surface area contributed by atoms with Crippen LogP contribution in [0.25, 0.3) is 0 Å². The first-order chi connectivity index (χ1) is 4.88. The zero-order valence-corrected chi connectivity index (χ0v) is 7.32. The maximum Gasteiger partial charge on any atom is 0.0551 e. The largest absolute Gasteiger partial charge is 0.311 e. The number of fused-ring (bicyclic) bond motifs is 1. The second-order valence-corrected chi connectivity index (χ2v) is 2.67. The first-order valence-corrected chi connectivity index (χ1v) is 3.58. The number of aryl methyl sites for hydroxylation is 1. The number of hydrogen-bond donors (Lipinski definition) is 1. The molecule has 0 spiro atoms. The third-order valence-corrected chi connectivity index (χ3v) is 2.01. The molecule has 0 unspecified atom stereocenters. The van der Waals surface area contributed by atoms with Gasteiger partial charge in [0.05, 0.1) is 11.9 Å². The van der Waals surface area contributed by atoms with Crippen LogP contribution in [-0.4, -0.2) is 16.3 Å². The van der Waals surface area contributed by atoms with Crippen molar-refractivity contribution in [2.75, 3.05) is 6.54 Å². The van der Waals surface area contributed by atoms with Crippen LogP contribution >= 0.6 is 12.4 Å². The fraction of sp³-hybridized carbons (Fsp3) is 0.571. The van der Waals surface area contributed by atoms with Gasteiger partial charge in [-0.2, -0.15) is 5.10 Å². The Morgan fingerprint density at radius 3 is 3.18 bits per heavy atom. The topological polar surface area (TPSA) is 29.9 Å². The third-order valence-electron chi connectivity index (χ3n) is 2.01. The smallest absolute Gasteiger partial charge is 0.0551 e. The quantitative estimate of drug-likeness (QED) is 0.619. The minimum atomic E-state index is 0. The van der Waals surface area contributed by atoms with Crippen molar-refractivity contribution in [1.29, 1.82) is 0 Å². The molecule has 4 heteroatoms. The number of rotatable bonds is 0. The van der Waals surface area contributed by atoms with E-state index >= 15 is 0 Å². The minimum Gasteiger partial charge on any atom is -0.311 e. The van der Waals surface area contributed by atoms with E-state index in [4.69, 9.17) is 0 Å². The van der Waals surface area contributed by atoms with Gasteiger partial charge in [-0.3, -0.25) is 4.68 Å². The Morgan fingerprint density at radius 1 is 1.64 bits per heavy atom. The van der Waals surface area contributed by atoms with Crippen LogP contribution in [-0.2, 0) is 20.0 Å². The molecule has 0 aromatic carbocycles. The summed E-state index contributed by atoms with van der Waals surface area (Å²) in [7, 11) is 1.99. The summed E-state index contributed by atoms with van der Waals surface area (Å²) >= 11 is 0. The Morgan fingerprint density at radius 2 is 2.45 bits per heavy atom. The Balaban J connectivity index is 0.000000605. The highest BCUT2D eigenvalue weighted by Crippen LogP contribution is 2.10. The molecule has 11 heavy (non-hydrogen) atoms. The average molecular weight is 174 g/mol. The van der Waals surface area contributed by atoms with Crippen molar-refractivity contribution < 1.29 is 0 Å². The summed E-state index contributed by atoms with van der Waals surface area (Å²) in [5.41, 5.74) is 2.74. The van der Waals surface area contributed by atoms with Crippen molar-refractivity contribution in [2.24, 2.45) is 7.05 Å². The number of halogens is 1. The van der Waals surface area contributed by atoms with Gasteiger partial charge in [-0.05, 0) is 18.5 Å². The molecule has 62 valence electrons. The molecule has 2 heterocycles. The molecule has 0 aliphatic carbocycles. The van der Waals surface area contributed by atoms with Gasteiger partial charge in [0.25, 0.3) is 0 Å². The molecule has 1 aliphatic rings. The summed E-state index contributed by atoms with van der Waals surface area (Å²) in [6.07, 6.45) is 3.10. The van der Waals surface area contributed by atoms with Gasteiger partial charge in [0.1, 0.15) is 0 Å². The number of nitrogens with zero attached hydrogens (tertiary/aromatic N) is 2. The van der Waals surface area contributed by atoms with Crippen molar-refractivity contribution in [1.82, 2.24) is 15.1 Å². The Labute approximate surface area is 72.2 Å². The van der Waals surface area contributed by atoms with Gasteiger partial charge in [-0.15, -0.1) is 12.4 Å². The molecule has 0 saturated heterocycles. The normalized spacial score (nSPS) is 15.4. The number of nitrogens with one attached hydrogen (secondary N) is 1. The van der Waals surface area contributed by atoms with E-state index < -0.39 is 0 Å². The molecule has 0 saturated carbocycles. The van der Waals surface area contributed by atoms with E-state index in [1.165, 1.54) is 11.3 Å². The second-order valence-electron chi connectivity index (χ2n) is 2.67. The molecule has 1 N–H and O–H groups in total. The van der Waals surface area contributed by atoms with Crippen molar-refractivity contribution >= 4 is 12.4 Å². The van der Waals surface area contributed by atoms with Gasteiger partial charge in [0.15, 0.2) is 0 Å². The summed E-state index contributed by atoms with van der Waals surface area (Å²) in [6, 6.07) is 0. The lowest BCUT2D eigenvalue weighted by Crippen LogP contribution is -2.24. The highest BCUT2D eigenvalue weighted by atomic mass is 35.5. The van der Waals surface area contributed by atoms with E-state index in [-0.39, 0.29) is 12.4 Å². The van der Waals surface area contributed by atoms with E-state index in [0.29, 0.717) is 0 Å². The number of hydrogen-bond acceptors (Lipinski definition) is 2. The van der Waals surface area contributed by atoms with Crippen LogP contribution in [0, 0.1) is 0 Å². The molecule has 0 amide bonds. The summed E-state index contributed by atoms with van der Waals surface area (Å²) in [4.78, 5) is 0. The first-order valence-electron chi connectivity index (χ1n) is 3.58. The van der Waals surface area contributed by atoms with Crippen LogP contribution in [0.1, 0.15) is 11.3 Å². The van der Waals surface area contributed by atoms with E-state index in [2.05, 4.69) is 10.4 Å². The lowest BCUT2D eigenvalue weighted by molar-refractivity contribution is 0.593. The van der Waals surface area contributed by atoms with E-state index in [0.717, 1.165) is 19.5 Å². The molecule has 0 radical (unpaired) electrons. The molecule has 0 fully saturated rings. The van der Waals surface area contributed by atoms with Gasteiger partial charge in [0, 0.05) is 13.6 Å². The van der Waals surface area contributed by atoms with Gasteiger partial charge in [-0.1, -0.05) is 0 Å². The molecule has 1 aromatic heterocycles. The van der Waals surface area contributed by atoms with Crippen molar-refractivity contribution in [3.8, 4) is 0 Å². The van der Waals surface area contributed by atoms with Gasteiger partial charge < -0.3 is 5.32 Å². The zero-order valence-electron chi connectivity index (χ0n) is 6.50. The predicted octanol–water partition coefficient (Wildman–Crippen LogP) is 0.488. The number of aromatic nitrogens is 2. The van der Waals surface area contributed by atoms with Crippen LogP contribution in [0.4, 0.5) is 0 Å². The molecule has 1 aromatic rings. The molecular weight excluding hydrogens is 162 g/mol. The zero-order chi connectivity index (χ0) is 6.97. The van der Waals surface area contributed by atoms with E-state index in [1.807, 2.05) is 17.9 Å². The maximum atomic E-state index is 4.17. The molecule has 2 rings (SSSR count). The highest BCUT2D eigenvalue weighted by Gasteiger charge is 2.11. The van der Waals surface area contributed by atoms with Crippen LogP contribution in [0.3, 0.4) is 0 Å². The molecular formula is C7H12ClN3. The Bertz CT molecular complexity index is 244. The van der Waals surface area contributed by atoms with Crippen molar-refractivity contribution in [3.05, 3.63) is 17.5 Å². The van der Waals surface area contributed by atoms with Crippen LogP contribution in [0.15, 0.2) is 6.20 Å². The summed E-state index contributed by atoms with van der Waals surface area (Å²) in [5.74, 6) is 0. The Kier molecular flexibility index (Phi) is 2.52. The monoisotopic (exact) mass is 173 g/mol. The van der Waals surface area contributed by atoms with Gasteiger partial charge in [0.2, 0.25) is 0 Å². The average Bonchev–Trinajstić information content (AvgIpc) is 2.34. The predicted molar refractivity (Wildman–Crippen MR) is 45.9 cm³/mol. The van der Waals surface area contributed by atoms with E-state index in [1.54, 1.807) is 0 Å². The SMILES string of the molecule is Cl.Cn1ncc2c1CNCC2. The molecule has 0 bridgehead atoms. The van der Waals surface area contributed by atoms with Crippen LogP contribution < -0.4 is 5.32 Å². The lowest BCUT2D eigenvalue weighted by atomic mass is 10.1. The van der Waals surface area contributed by atoms with Crippen LogP contribution in [0.2, 0.25) is 0 Å². The van der Waals surface area contributed by atoms with Crippen molar-refractivity contribution in [3.63, 3.8) is 0 Å². The second kappa shape index (κ2) is 3.24. The first kappa shape index (κ1) is 8.56. The minimum absolute atomic E-state index is 0. The fourth-order valence-electron chi connectivity index (χ4n) is 1.37.